The lowest BCUT2D eigenvalue weighted by molar-refractivity contribution is 0.343. The Labute approximate surface area is 168 Å². The molecule has 0 N–H and O–H groups in total. The fraction of sp³-hybridized carbons (Fsp3) is 0.368. The molecule has 0 aliphatic heterocycles. The number of hydrogen-bond donors (Lipinski definition) is 0. The molecule has 4 nitrogen and oxygen atoms in total. The third-order valence-electron chi connectivity index (χ3n) is 4.53. The highest BCUT2D eigenvalue weighted by Gasteiger charge is 2.21. The van der Waals surface area contributed by atoms with Gasteiger partial charge in [0.2, 0.25) is 0 Å². The Balaban J connectivity index is 1.50. The summed E-state index contributed by atoms with van der Waals surface area (Å²) < 4.78 is 8.46. The molecule has 0 spiro atoms. The Morgan fingerprint density at radius 2 is 2.19 bits per heavy atom. The molecule has 4 rings (SSSR count). The van der Waals surface area contributed by atoms with Gasteiger partial charge in [-0.05, 0) is 49.4 Å². The van der Waals surface area contributed by atoms with Gasteiger partial charge in [0.1, 0.15) is 10.6 Å². The van der Waals surface area contributed by atoms with Gasteiger partial charge in [-0.1, -0.05) is 33.8 Å². The van der Waals surface area contributed by atoms with Gasteiger partial charge in [-0.2, -0.15) is 0 Å². The Morgan fingerprint density at radius 1 is 1.35 bits per heavy atom. The zero-order valence-corrected chi connectivity index (χ0v) is 17.7. The van der Waals surface area contributed by atoms with E-state index in [1.54, 1.807) is 27.7 Å². The number of rotatable bonds is 5. The van der Waals surface area contributed by atoms with Crippen molar-refractivity contribution >= 4 is 49.2 Å². The fourth-order valence-electron chi connectivity index (χ4n) is 3.25. The van der Waals surface area contributed by atoms with Crippen LogP contribution in [0.25, 0.3) is 10.2 Å². The summed E-state index contributed by atoms with van der Waals surface area (Å²) in [5.74, 6) is 1.58. The van der Waals surface area contributed by atoms with Gasteiger partial charge in [-0.3, -0.25) is 9.36 Å². The maximum Gasteiger partial charge on any atom is 0.262 e. The molecule has 0 radical (unpaired) electrons. The van der Waals surface area contributed by atoms with E-state index in [9.17, 15) is 4.79 Å². The molecule has 0 amide bonds. The smallest absolute Gasteiger partial charge is 0.262 e. The van der Waals surface area contributed by atoms with E-state index < -0.39 is 0 Å². The van der Waals surface area contributed by atoms with E-state index in [-0.39, 0.29) is 5.56 Å². The lowest BCUT2D eigenvalue weighted by Crippen LogP contribution is -2.21. The highest BCUT2D eigenvalue weighted by atomic mass is 79.9. The molecular formula is C19H19BrN2O2S2. The summed E-state index contributed by atoms with van der Waals surface area (Å²) in [4.78, 5) is 19.9. The number of halogens is 1. The molecule has 0 atom stereocenters. The Hall–Kier alpha value is -1.31. The standard InChI is InChI=1S/C19H19BrN2O2S2/c1-22-18(23)16-14-7-2-3-8-15(14)26-17(16)21-19(22)25-10-9-24-13-6-4-5-12(20)11-13/h4-6,11H,2-3,7-10H2,1H3. The van der Waals surface area contributed by atoms with Crippen molar-refractivity contribution in [1.82, 2.24) is 9.55 Å². The number of thiophene rings is 1. The second-order valence-electron chi connectivity index (χ2n) is 6.30. The summed E-state index contributed by atoms with van der Waals surface area (Å²) in [6.45, 7) is 0.565. The molecule has 2 heterocycles. The molecule has 0 bridgehead atoms. The van der Waals surface area contributed by atoms with E-state index >= 15 is 0 Å². The number of nitrogens with zero attached hydrogens (tertiary/aromatic N) is 2. The van der Waals surface area contributed by atoms with Crippen LogP contribution in [0.2, 0.25) is 0 Å². The molecule has 0 fully saturated rings. The second kappa shape index (κ2) is 7.74. The molecule has 0 saturated carbocycles. The van der Waals surface area contributed by atoms with Crippen LogP contribution in [0.5, 0.6) is 5.75 Å². The van der Waals surface area contributed by atoms with Crippen LogP contribution < -0.4 is 10.3 Å². The molecule has 1 aliphatic rings. The van der Waals surface area contributed by atoms with E-state index in [0.29, 0.717) is 6.61 Å². The SMILES string of the molecule is Cn1c(SCCOc2cccc(Br)c2)nc2sc3c(c2c1=O)CCCC3. The van der Waals surface area contributed by atoms with E-state index in [1.165, 1.54) is 23.3 Å². The predicted octanol–water partition coefficient (Wildman–Crippen LogP) is 4.81. The topological polar surface area (TPSA) is 44.1 Å². The largest absolute Gasteiger partial charge is 0.493 e. The minimum atomic E-state index is 0.0878. The van der Waals surface area contributed by atoms with Crippen LogP contribution in [0.1, 0.15) is 23.3 Å². The average molecular weight is 451 g/mol. The van der Waals surface area contributed by atoms with Gasteiger partial charge in [-0.15, -0.1) is 11.3 Å². The van der Waals surface area contributed by atoms with Crippen LogP contribution in [-0.4, -0.2) is 21.9 Å². The van der Waals surface area contributed by atoms with E-state index in [2.05, 4.69) is 15.9 Å². The van der Waals surface area contributed by atoms with Gasteiger partial charge in [0.25, 0.3) is 5.56 Å². The van der Waals surface area contributed by atoms with Crippen molar-refractivity contribution in [3.63, 3.8) is 0 Å². The minimum absolute atomic E-state index is 0.0878. The predicted molar refractivity (Wildman–Crippen MR) is 112 cm³/mol. The molecule has 1 aromatic carbocycles. The first-order valence-corrected chi connectivity index (χ1v) is 11.3. The third kappa shape index (κ3) is 3.57. The maximum absolute atomic E-state index is 12.9. The lowest BCUT2D eigenvalue weighted by atomic mass is 9.97. The summed E-state index contributed by atoms with van der Waals surface area (Å²) >= 11 is 6.71. The summed E-state index contributed by atoms with van der Waals surface area (Å²) in [6.07, 6.45) is 4.49. The van der Waals surface area contributed by atoms with Gasteiger partial charge in [-0.25, -0.2) is 4.98 Å². The number of benzene rings is 1. The van der Waals surface area contributed by atoms with Crippen molar-refractivity contribution in [1.29, 1.82) is 0 Å². The van der Waals surface area contributed by atoms with Crippen LogP contribution >= 0.6 is 39.0 Å². The first-order chi connectivity index (χ1) is 12.6. The molecule has 3 aromatic rings. The van der Waals surface area contributed by atoms with Crippen molar-refractivity contribution in [3.05, 3.63) is 49.5 Å². The van der Waals surface area contributed by atoms with E-state index in [4.69, 9.17) is 9.72 Å². The number of ether oxygens (including phenoxy) is 1. The van der Waals surface area contributed by atoms with Crippen molar-refractivity contribution in [2.45, 2.75) is 30.8 Å². The van der Waals surface area contributed by atoms with Gasteiger partial charge in [0.15, 0.2) is 5.16 Å². The van der Waals surface area contributed by atoms with Crippen LogP contribution in [0.15, 0.2) is 38.7 Å². The average Bonchev–Trinajstić information content (AvgIpc) is 3.01. The van der Waals surface area contributed by atoms with Gasteiger partial charge >= 0.3 is 0 Å². The highest BCUT2D eigenvalue weighted by Crippen LogP contribution is 2.34. The first kappa shape index (κ1) is 18.1. The van der Waals surface area contributed by atoms with E-state index in [0.717, 1.165) is 44.2 Å². The molecule has 0 unspecified atom stereocenters. The molecular weight excluding hydrogens is 432 g/mol. The molecule has 7 heteroatoms. The summed E-state index contributed by atoms with van der Waals surface area (Å²) in [6, 6.07) is 7.80. The monoisotopic (exact) mass is 450 g/mol. The summed E-state index contributed by atoms with van der Waals surface area (Å²) in [7, 11) is 1.82. The van der Waals surface area contributed by atoms with E-state index in [1.807, 2.05) is 31.3 Å². The molecule has 1 aliphatic carbocycles. The Bertz CT molecular complexity index is 1010. The minimum Gasteiger partial charge on any atom is -0.493 e. The maximum atomic E-state index is 12.9. The zero-order valence-electron chi connectivity index (χ0n) is 14.5. The van der Waals surface area contributed by atoms with Gasteiger partial charge in [0.05, 0.1) is 12.0 Å². The van der Waals surface area contributed by atoms with Crippen molar-refractivity contribution in [2.24, 2.45) is 7.05 Å². The molecule has 136 valence electrons. The second-order valence-corrected chi connectivity index (χ2v) is 9.37. The van der Waals surface area contributed by atoms with Gasteiger partial charge < -0.3 is 4.74 Å². The molecule has 2 aromatic heterocycles. The summed E-state index contributed by atoms with van der Waals surface area (Å²) in [5, 5.41) is 1.61. The number of thioether (sulfide) groups is 1. The number of aryl methyl sites for hydroxylation is 2. The molecule has 0 saturated heterocycles. The van der Waals surface area contributed by atoms with Crippen molar-refractivity contribution < 1.29 is 4.74 Å². The highest BCUT2D eigenvalue weighted by molar-refractivity contribution is 9.10. The quantitative estimate of drug-likeness (QED) is 0.317. The Kier molecular flexibility index (Phi) is 5.38. The number of hydrogen-bond acceptors (Lipinski definition) is 5. The molecule has 26 heavy (non-hydrogen) atoms. The van der Waals surface area contributed by atoms with Crippen LogP contribution in [0, 0.1) is 0 Å². The normalized spacial score (nSPS) is 13.8. The Morgan fingerprint density at radius 3 is 3.04 bits per heavy atom. The summed E-state index contributed by atoms with van der Waals surface area (Å²) in [5.41, 5.74) is 1.34. The van der Waals surface area contributed by atoms with Gasteiger partial charge in [0, 0.05) is 22.2 Å². The van der Waals surface area contributed by atoms with Crippen molar-refractivity contribution in [3.8, 4) is 5.75 Å². The fourth-order valence-corrected chi connectivity index (χ4v) is 5.72. The van der Waals surface area contributed by atoms with Crippen LogP contribution in [0.4, 0.5) is 0 Å². The lowest BCUT2D eigenvalue weighted by Gasteiger charge is -2.11. The first-order valence-electron chi connectivity index (χ1n) is 8.66. The number of aromatic nitrogens is 2. The zero-order chi connectivity index (χ0) is 18.1. The van der Waals surface area contributed by atoms with Crippen LogP contribution in [-0.2, 0) is 19.9 Å². The third-order valence-corrected chi connectivity index (χ3v) is 7.21. The van der Waals surface area contributed by atoms with Crippen molar-refractivity contribution in [2.75, 3.05) is 12.4 Å². The van der Waals surface area contributed by atoms with Crippen LogP contribution in [0.3, 0.4) is 0 Å². The number of fused-ring (bicyclic) bond motifs is 3.